The van der Waals surface area contributed by atoms with E-state index in [1.54, 1.807) is 0 Å². The van der Waals surface area contributed by atoms with E-state index in [1.165, 1.54) is 5.56 Å². The lowest BCUT2D eigenvalue weighted by molar-refractivity contribution is 0.282. The van der Waals surface area contributed by atoms with Crippen molar-refractivity contribution in [1.82, 2.24) is 9.78 Å². The van der Waals surface area contributed by atoms with Gasteiger partial charge in [0.15, 0.2) is 0 Å². The highest BCUT2D eigenvalue weighted by atomic mass is 16.3. The molecular formula is C14H19N3O. The lowest BCUT2D eigenvalue weighted by atomic mass is 10.1. The molecule has 1 heterocycles. The summed E-state index contributed by atoms with van der Waals surface area (Å²) in [6, 6.07) is 8.01. The number of benzene rings is 1. The van der Waals surface area contributed by atoms with Crippen molar-refractivity contribution < 1.29 is 5.11 Å². The second-order valence-corrected chi connectivity index (χ2v) is 4.35. The molecule has 4 heteroatoms. The van der Waals surface area contributed by atoms with Crippen LogP contribution in [0.25, 0.3) is 0 Å². The molecule has 0 radical (unpaired) electrons. The molecule has 0 saturated carbocycles. The van der Waals surface area contributed by atoms with Crippen molar-refractivity contribution in [2.75, 3.05) is 5.32 Å². The van der Waals surface area contributed by atoms with Crippen LogP contribution in [0.2, 0.25) is 0 Å². The predicted molar refractivity (Wildman–Crippen MR) is 72.3 cm³/mol. The van der Waals surface area contributed by atoms with Crippen LogP contribution in [-0.2, 0) is 13.2 Å². The van der Waals surface area contributed by atoms with Gasteiger partial charge in [-0.1, -0.05) is 12.1 Å². The molecule has 1 unspecified atom stereocenters. The molecule has 0 aliphatic heterocycles. The zero-order valence-corrected chi connectivity index (χ0v) is 10.8. The molecule has 1 aromatic heterocycles. The second-order valence-electron chi connectivity index (χ2n) is 4.35. The summed E-state index contributed by atoms with van der Waals surface area (Å²) in [5.41, 5.74) is 3.14. The number of aliphatic hydroxyl groups excluding tert-OH is 1. The van der Waals surface area contributed by atoms with Gasteiger partial charge in [0.2, 0.25) is 0 Å². The lowest BCUT2D eigenvalue weighted by Gasteiger charge is -2.13. The van der Waals surface area contributed by atoms with Gasteiger partial charge in [0.05, 0.1) is 18.8 Å². The standard InChI is InChI=1S/C14H19N3O/c1-3-17-9-13(8-15-17)11(2)16-14-6-4-12(10-18)5-7-14/h4-9,11,16,18H,3,10H2,1-2H3. The summed E-state index contributed by atoms with van der Waals surface area (Å²) >= 11 is 0. The fourth-order valence-corrected chi connectivity index (χ4v) is 1.82. The second kappa shape index (κ2) is 5.69. The number of anilines is 1. The number of nitrogens with one attached hydrogen (secondary N) is 1. The summed E-state index contributed by atoms with van der Waals surface area (Å²) in [5.74, 6) is 0. The van der Waals surface area contributed by atoms with E-state index < -0.39 is 0 Å². The first-order valence-corrected chi connectivity index (χ1v) is 6.21. The largest absolute Gasteiger partial charge is 0.392 e. The molecule has 96 valence electrons. The molecular weight excluding hydrogens is 226 g/mol. The lowest BCUT2D eigenvalue weighted by Crippen LogP contribution is -2.05. The van der Waals surface area contributed by atoms with Crippen molar-refractivity contribution in [3.63, 3.8) is 0 Å². The molecule has 2 N–H and O–H groups in total. The van der Waals surface area contributed by atoms with Crippen LogP contribution in [0.1, 0.15) is 31.0 Å². The fraction of sp³-hybridized carbons (Fsp3) is 0.357. The predicted octanol–water partition coefficient (Wildman–Crippen LogP) is 2.57. The number of aromatic nitrogens is 2. The summed E-state index contributed by atoms with van der Waals surface area (Å²) in [6.45, 7) is 5.15. The Morgan fingerprint density at radius 1 is 1.33 bits per heavy atom. The van der Waals surface area contributed by atoms with E-state index in [0.29, 0.717) is 0 Å². The summed E-state index contributed by atoms with van der Waals surface area (Å²) in [5, 5.41) is 16.7. The Morgan fingerprint density at radius 3 is 2.61 bits per heavy atom. The molecule has 0 amide bonds. The Labute approximate surface area is 107 Å². The number of aliphatic hydroxyl groups is 1. The van der Waals surface area contributed by atoms with Crippen LogP contribution >= 0.6 is 0 Å². The van der Waals surface area contributed by atoms with Crippen molar-refractivity contribution >= 4 is 5.69 Å². The Bertz CT molecular complexity index is 490. The molecule has 2 rings (SSSR count). The van der Waals surface area contributed by atoms with Crippen LogP contribution in [0, 0.1) is 0 Å². The number of nitrogens with zero attached hydrogens (tertiary/aromatic N) is 2. The van der Waals surface area contributed by atoms with Gasteiger partial charge in [-0.2, -0.15) is 5.10 Å². The van der Waals surface area contributed by atoms with E-state index in [4.69, 9.17) is 5.11 Å². The third-order valence-corrected chi connectivity index (χ3v) is 3.00. The third-order valence-electron chi connectivity index (χ3n) is 3.00. The Kier molecular flexibility index (Phi) is 3.99. The van der Waals surface area contributed by atoms with E-state index in [0.717, 1.165) is 17.8 Å². The third kappa shape index (κ3) is 2.90. The van der Waals surface area contributed by atoms with Gasteiger partial charge < -0.3 is 10.4 Å². The van der Waals surface area contributed by atoms with Gasteiger partial charge in [-0.3, -0.25) is 4.68 Å². The maximum Gasteiger partial charge on any atom is 0.0681 e. The van der Waals surface area contributed by atoms with E-state index in [-0.39, 0.29) is 12.6 Å². The highest BCUT2D eigenvalue weighted by Gasteiger charge is 2.07. The molecule has 0 spiro atoms. The summed E-state index contributed by atoms with van der Waals surface area (Å²) < 4.78 is 1.92. The van der Waals surface area contributed by atoms with Crippen molar-refractivity contribution in [2.24, 2.45) is 0 Å². The van der Waals surface area contributed by atoms with Gasteiger partial charge in [-0.05, 0) is 31.5 Å². The van der Waals surface area contributed by atoms with Crippen LogP contribution < -0.4 is 5.32 Å². The molecule has 2 aromatic rings. The topological polar surface area (TPSA) is 50.1 Å². The van der Waals surface area contributed by atoms with Gasteiger partial charge in [0.25, 0.3) is 0 Å². The average molecular weight is 245 g/mol. The number of aryl methyl sites for hydroxylation is 1. The number of rotatable bonds is 5. The van der Waals surface area contributed by atoms with Crippen LogP contribution in [0.15, 0.2) is 36.7 Å². The molecule has 0 bridgehead atoms. The molecule has 18 heavy (non-hydrogen) atoms. The normalized spacial score (nSPS) is 12.4. The monoisotopic (exact) mass is 245 g/mol. The van der Waals surface area contributed by atoms with Gasteiger partial charge >= 0.3 is 0 Å². The first kappa shape index (κ1) is 12.6. The van der Waals surface area contributed by atoms with E-state index in [1.807, 2.05) is 35.1 Å². The van der Waals surface area contributed by atoms with Crippen molar-refractivity contribution in [3.05, 3.63) is 47.8 Å². The first-order chi connectivity index (χ1) is 8.72. The smallest absolute Gasteiger partial charge is 0.0681 e. The minimum absolute atomic E-state index is 0.0824. The highest BCUT2D eigenvalue weighted by molar-refractivity contribution is 5.46. The maximum atomic E-state index is 8.99. The SMILES string of the molecule is CCn1cc(C(C)Nc2ccc(CO)cc2)cn1. The number of hydrogen-bond acceptors (Lipinski definition) is 3. The van der Waals surface area contributed by atoms with Gasteiger partial charge in [-0.15, -0.1) is 0 Å². The average Bonchev–Trinajstić information content (AvgIpc) is 2.88. The van der Waals surface area contributed by atoms with E-state index in [2.05, 4.69) is 30.5 Å². The van der Waals surface area contributed by atoms with Crippen molar-refractivity contribution in [2.45, 2.75) is 33.0 Å². The maximum absolute atomic E-state index is 8.99. The molecule has 4 nitrogen and oxygen atoms in total. The molecule has 0 aliphatic rings. The molecule has 1 aromatic carbocycles. The first-order valence-electron chi connectivity index (χ1n) is 6.21. The van der Waals surface area contributed by atoms with E-state index in [9.17, 15) is 0 Å². The zero-order chi connectivity index (χ0) is 13.0. The quantitative estimate of drug-likeness (QED) is 0.851. The van der Waals surface area contributed by atoms with Crippen LogP contribution in [0.4, 0.5) is 5.69 Å². The zero-order valence-electron chi connectivity index (χ0n) is 10.8. The summed E-state index contributed by atoms with van der Waals surface area (Å²) in [7, 11) is 0. The summed E-state index contributed by atoms with van der Waals surface area (Å²) in [6.07, 6.45) is 3.95. The molecule has 0 fully saturated rings. The Morgan fingerprint density at radius 2 is 2.06 bits per heavy atom. The van der Waals surface area contributed by atoms with Gasteiger partial charge in [0.1, 0.15) is 0 Å². The summed E-state index contributed by atoms with van der Waals surface area (Å²) in [4.78, 5) is 0. The van der Waals surface area contributed by atoms with Crippen LogP contribution in [0.5, 0.6) is 0 Å². The number of hydrogen-bond donors (Lipinski definition) is 2. The van der Waals surface area contributed by atoms with E-state index >= 15 is 0 Å². The van der Waals surface area contributed by atoms with Gasteiger partial charge in [-0.25, -0.2) is 0 Å². The molecule has 0 saturated heterocycles. The Hall–Kier alpha value is -1.81. The van der Waals surface area contributed by atoms with Crippen molar-refractivity contribution in [3.8, 4) is 0 Å². The van der Waals surface area contributed by atoms with Crippen LogP contribution in [0.3, 0.4) is 0 Å². The van der Waals surface area contributed by atoms with Crippen LogP contribution in [-0.4, -0.2) is 14.9 Å². The highest BCUT2D eigenvalue weighted by Crippen LogP contribution is 2.19. The minimum atomic E-state index is 0.0824. The fourth-order valence-electron chi connectivity index (χ4n) is 1.82. The molecule has 1 atom stereocenters. The minimum Gasteiger partial charge on any atom is -0.392 e. The molecule has 0 aliphatic carbocycles. The Balaban J connectivity index is 2.03. The van der Waals surface area contributed by atoms with Gasteiger partial charge in [0, 0.05) is 24.0 Å². The van der Waals surface area contributed by atoms with Crippen molar-refractivity contribution in [1.29, 1.82) is 0 Å².